The summed E-state index contributed by atoms with van der Waals surface area (Å²) in [7, 11) is 2.00. The van der Waals surface area contributed by atoms with Crippen LogP contribution in [-0.2, 0) is 0 Å². The number of aromatic nitrogens is 9. The molecule has 5 N–H and O–H groups in total. The molecule has 5 fully saturated rings. The predicted octanol–water partition coefficient (Wildman–Crippen LogP) is 20.3. The van der Waals surface area contributed by atoms with Crippen molar-refractivity contribution in [2.24, 2.45) is 0 Å². The number of nitrogens with zero attached hydrogens (tertiary/aromatic N) is 18. The fourth-order valence-corrected chi connectivity index (χ4v) is 22.3. The zero-order chi connectivity index (χ0) is 89.7. The molecule has 0 aromatic carbocycles. The largest absolute Gasteiger partial charge is 0.341 e. The van der Waals surface area contributed by atoms with Crippen molar-refractivity contribution in [3.63, 3.8) is 0 Å². The maximum Gasteiger partial charge on any atom is 0.236 e. The van der Waals surface area contributed by atoms with Gasteiger partial charge in [0.2, 0.25) is 53.5 Å². The van der Waals surface area contributed by atoms with Gasteiger partial charge in [-0.05, 0) is 280 Å². The van der Waals surface area contributed by atoms with E-state index >= 15 is 0 Å². The summed E-state index contributed by atoms with van der Waals surface area (Å²) in [6, 6.07) is 1.02. The van der Waals surface area contributed by atoms with Gasteiger partial charge in [-0.3, -0.25) is 0 Å². The van der Waals surface area contributed by atoms with Gasteiger partial charge in [0.15, 0.2) is 0 Å². The summed E-state index contributed by atoms with van der Waals surface area (Å²) in [5, 5.41) is 20.3. The maximum atomic E-state index is 6.09. The minimum atomic E-state index is -0.129. The molecule has 0 saturated carbocycles. The first-order chi connectivity index (χ1) is 57.3. The normalized spacial score (nSPS) is 20.4. The van der Waals surface area contributed by atoms with Crippen LogP contribution in [0.15, 0.2) is 24.2 Å². The third-order valence-corrected chi connectivity index (χ3v) is 26.2. The van der Waals surface area contributed by atoms with Crippen molar-refractivity contribution in [1.29, 1.82) is 0 Å². The Morgan fingerprint density at radius 3 is 0.615 bits per heavy atom. The number of hydrogen-bond donors (Lipinski definition) is 5. The zero-order valence-corrected chi connectivity index (χ0v) is 83.6. The molecule has 23 heteroatoms. The summed E-state index contributed by atoms with van der Waals surface area (Å²) in [5.41, 5.74) is 4.88. The molecular formula is C99H183N23. The van der Waals surface area contributed by atoms with Crippen LogP contribution in [0, 0.1) is 0 Å². The van der Waals surface area contributed by atoms with Crippen LogP contribution >= 0.6 is 0 Å². The molecule has 122 heavy (non-hydrogen) atoms. The Morgan fingerprint density at radius 1 is 0.254 bits per heavy atom. The quantitative estimate of drug-likeness (QED) is 0.0263. The van der Waals surface area contributed by atoms with Crippen molar-refractivity contribution in [2.45, 2.75) is 478 Å². The Kier molecular flexibility index (Phi) is 37.4. The van der Waals surface area contributed by atoms with Crippen molar-refractivity contribution in [3.8, 4) is 0 Å². The molecule has 5 aliphatic rings. The van der Waals surface area contributed by atoms with Crippen LogP contribution in [0.1, 0.15) is 392 Å². The third kappa shape index (κ3) is 31.4. The molecule has 0 bridgehead atoms. The highest BCUT2D eigenvalue weighted by Crippen LogP contribution is 2.42. The molecule has 5 saturated heterocycles. The molecule has 8 rings (SSSR count). The number of unbranched alkanes of at least 4 members (excludes halogenated alkanes) is 13. The Labute approximate surface area is 746 Å². The van der Waals surface area contributed by atoms with Crippen LogP contribution in [0.2, 0.25) is 0 Å². The van der Waals surface area contributed by atoms with E-state index in [-0.39, 0.29) is 85.6 Å². The summed E-state index contributed by atoms with van der Waals surface area (Å²) < 4.78 is 0. The van der Waals surface area contributed by atoms with Gasteiger partial charge in [-0.25, -0.2) is 0 Å². The predicted molar refractivity (Wildman–Crippen MR) is 521 cm³/mol. The summed E-state index contributed by atoms with van der Waals surface area (Å²) in [6.07, 6.45) is 35.3. The van der Waals surface area contributed by atoms with Gasteiger partial charge in [0, 0.05) is 165 Å². The first-order valence-corrected chi connectivity index (χ1v) is 49.5. The molecule has 8 heterocycles. The Balaban J connectivity index is 1.20. The lowest BCUT2D eigenvalue weighted by Gasteiger charge is -2.51. The Hall–Kier alpha value is -5.67. The first kappa shape index (κ1) is 102. The number of rotatable bonds is 50. The molecule has 0 aliphatic carbocycles. The van der Waals surface area contributed by atoms with Crippen molar-refractivity contribution >= 4 is 53.5 Å². The van der Waals surface area contributed by atoms with Gasteiger partial charge < -0.3 is 70.7 Å². The van der Waals surface area contributed by atoms with Crippen molar-refractivity contribution < 1.29 is 0 Å². The summed E-state index contributed by atoms with van der Waals surface area (Å²) in [4.78, 5) is 73.7. The topological polar surface area (TPSA) is 205 Å². The fraction of sp³-hybridized carbons (Fsp3) is 0.869. The van der Waals surface area contributed by atoms with Crippen LogP contribution < -0.4 is 70.7 Å². The van der Waals surface area contributed by atoms with Crippen LogP contribution in [0.25, 0.3) is 0 Å². The molecule has 3 aromatic heterocycles. The molecule has 0 radical (unpaired) electrons. The molecule has 0 spiro atoms. The van der Waals surface area contributed by atoms with Crippen LogP contribution in [0.4, 0.5) is 53.5 Å². The maximum absolute atomic E-state index is 6.09. The Bertz CT molecular complexity index is 3580. The van der Waals surface area contributed by atoms with Gasteiger partial charge in [0.25, 0.3) is 0 Å². The average molecular weight is 1700 g/mol. The lowest BCUT2D eigenvalue weighted by atomic mass is 9.79. The van der Waals surface area contributed by atoms with E-state index in [1.165, 1.54) is 0 Å². The minimum Gasteiger partial charge on any atom is -0.341 e. The van der Waals surface area contributed by atoms with Gasteiger partial charge in [-0.1, -0.05) is 131 Å². The van der Waals surface area contributed by atoms with Crippen LogP contribution in [-0.4, -0.2) is 209 Å². The molecule has 5 aliphatic heterocycles. The number of hydrogen-bond acceptors (Lipinski definition) is 23. The van der Waals surface area contributed by atoms with E-state index in [9.17, 15) is 0 Å². The van der Waals surface area contributed by atoms with E-state index in [2.05, 4.69) is 271 Å². The molecule has 0 atom stereocenters. The molecular weight excluding hydrogens is 1510 g/mol. The second-order valence-corrected chi connectivity index (χ2v) is 44.8. The van der Waals surface area contributed by atoms with Gasteiger partial charge in [0.05, 0.1) is 6.20 Å². The molecule has 0 unspecified atom stereocenters. The van der Waals surface area contributed by atoms with Crippen LogP contribution in [0.5, 0.6) is 0 Å². The number of anilines is 9. The van der Waals surface area contributed by atoms with Crippen molar-refractivity contribution in [2.75, 3.05) is 123 Å². The SMILES string of the molecule is C=C=C=CN(C)c1nc(N(CCCC)CCCC)nc(N(CCCCCCN(c2nc(N(CCCC)C3CC(C)(C)NC(C)(C)C3)nc(N(CCCCCCN(c3nc(N(CCCC)CCCC)nc(N(CCCC)CCCC)n3)C3CC(C)(C)NC(C)(C)C3)C3CC(C)(C)NC(C)(C)C3)n2)C2CC(C)(C)NC(C)(C)C2)C2CC(C)(C)NC(C)(C)C2)n1. The fourth-order valence-electron chi connectivity index (χ4n) is 22.3. The van der Waals surface area contributed by atoms with Crippen LogP contribution in [0.3, 0.4) is 0 Å². The smallest absolute Gasteiger partial charge is 0.236 e. The lowest BCUT2D eigenvalue weighted by Crippen LogP contribution is -2.63. The van der Waals surface area contributed by atoms with Crippen molar-refractivity contribution in [3.05, 3.63) is 24.2 Å². The highest BCUT2D eigenvalue weighted by atomic mass is 15.4. The van der Waals surface area contributed by atoms with E-state index in [1.807, 2.05) is 18.1 Å². The summed E-state index contributed by atoms with van der Waals surface area (Å²) in [6.45, 7) is 77.7. The Morgan fingerprint density at radius 2 is 0.418 bits per heavy atom. The monoisotopic (exact) mass is 1690 g/mol. The second kappa shape index (κ2) is 44.9. The molecule has 0 amide bonds. The van der Waals surface area contributed by atoms with E-state index in [0.717, 1.165) is 325 Å². The molecule has 694 valence electrons. The first-order valence-electron chi connectivity index (χ1n) is 49.5. The average Bonchev–Trinajstić information content (AvgIpc) is 0.766. The number of nitrogens with one attached hydrogen (secondary N) is 5. The zero-order valence-electron chi connectivity index (χ0n) is 83.6. The second-order valence-electron chi connectivity index (χ2n) is 44.8. The minimum absolute atomic E-state index is 0.0705. The lowest BCUT2D eigenvalue weighted by molar-refractivity contribution is 0.155. The highest BCUT2D eigenvalue weighted by molar-refractivity contribution is 5.52. The van der Waals surface area contributed by atoms with Gasteiger partial charge in [0.1, 0.15) is 0 Å². The van der Waals surface area contributed by atoms with Gasteiger partial charge >= 0.3 is 0 Å². The summed E-state index contributed by atoms with van der Waals surface area (Å²) in [5.74, 6) is 7.18. The molecule has 23 nitrogen and oxygen atoms in total. The van der Waals surface area contributed by atoms with E-state index < -0.39 is 0 Å². The summed E-state index contributed by atoms with van der Waals surface area (Å²) >= 11 is 0. The van der Waals surface area contributed by atoms with E-state index in [0.29, 0.717) is 5.95 Å². The van der Waals surface area contributed by atoms with Crippen molar-refractivity contribution in [1.82, 2.24) is 71.4 Å². The standard InChI is InChI=1S/C99H183N23/c1-30-38-54-114(29)81-100-82(115(55-39-31-2)56-40-32-3)103-85(101-81)119(77-68-92(13,14)110-93(15,16)69-77)62-50-46-48-52-64-121(79-72-96(21,22)112-97(23,24)73-79)88-106-87(118(61-45-37-8)76-66-90(9,10)109-91(11,12)67-76)107-89(108-88)122(80-74-98(25,26)113-99(27,28)75-80)65-53-49-47-51-63-120(78-70-94(17,18)111-95(19,20)71-78)86-104-83(116(57-41-33-4)58-42-34-5)102-84(105-86)117(59-43-35-6)60-44-36-7/h54,76-80,109-113H,1,31-37,39-53,55-75H2,2-29H3. The third-order valence-electron chi connectivity index (χ3n) is 26.2. The van der Waals surface area contributed by atoms with E-state index in [4.69, 9.17) is 44.9 Å². The van der Waals surface area contributed by atoms with Gasteiger partial charge in [-0.15, -0.1) is 0 Å². The van der Waals surface area contributed by atoms with Gasteiger partial charge in [-0.2, -0.15) is 44.9 Å². The highest BCUT2D eigenvalue weighted by Gasteiger charge is 2.48. The number of piperidine rings is 5. The molecule has 3 aromatic rings. The van der Waals surface area contributed by atoms with E-state index in [1.54, 1.807) is 0 Å².